The molecule has 1 atom stereocenters. The summed E-state index contributed by atoms with van der Waals surface area (Å²) < 4.78 is 16.4. The lowest BCUT2D eigenvalue weighted by Gasteiger charge is -2.37. The van der Waals surface area contributed by atoms with Crippen LogP contribution in [0.2, 0.25) is 5.02 Å². The third-order valence-electron chi connectivity index (χ3n) is 5.59. The van der Waals surface area contributed by atoms with Crippen molar-refractivity contribution < 1.29 is 9.18 Å². The van der Waals surface area contributed by atoms with Crippen molar-refractivity contribution in [3.63, 3.8) is 0 Å². The Hall–Kier alpha value is -2.99. The minimum Gasteiger partial charge on any atom is -0.331 e. The summed E-state index contributed by atoms with van der Waals surface area (Å²) in [6.07, 6.45) is 1.79. The first-order valence-corrected chi connectivity index (χ1v) is 11.2. The summed E-state index contributed by atoms with van der Waals surface area (Å²) in [4.78, 5) is 19.6. The van der Waals surface area contributed by atoms with Crippen LogP contribution in [0.4, 0.5) is 4.39 Å². The van der Waals surface area contributed by atoms with Gasteiger partial charge in [0.15, 0.2) is 11.6 Å². The first-order chi connectivity index (χ1) is 15.5. The number of halogens is 2. The van der Waals surface area contributed by atoms with Gasteiger partial charge in [-0.2, -0.15) is 5.10 Å². The Kier molecular flexibility index (Phi) is 7.38. The monoisotopic (exact) mass is 468 g/mol. The first-order valence-electron chi connectivity index (χ1n) is 10.9. The van der Waals surface area contributed by atoms with Gasteiger partial charge in [-0.15, -0.1) is 0 Å². The van der Waals surface area contributed by atoms with E-state index in [1.54, 1.807) is 29.6 Å². The van der Waals surface area contributed by atoms with Crippen molar-refractivity contribution >= 4 is 17.5 Å². The molecule has 0 bridgehead atoms. The van der Waals surface area contributed by atoms with Crippen molar-refractivity contribution in [3.8, 4) is 11.4 Å². The topological polar surface area (TPSA) is 51.0 Å². The Morgan fingerprint density at radius 2 is 1.88 bits per heavy atom. The highest BCUT2D eigenvalue weighted by atomic mass is 35.5. The molecule has 0 fully saturated rings. The molecule has 1 amide bonds. The Bertz CT molecular complexity index is 1160. The van der Waals surface area contributed by atoms with Crippen molar-refractivity contribution in [1.82, 2.24) is 19.7 Å². The molecule has 0 aliphatic rings. The zero-order valence-electron chi connectivity index (χ0n) is 19.9. The van der Waals surface area contributed by atoms with Gasteiger partial charge < -0.3 is 4.90 Å². The number of rotatable bonds is 6. The molecule has 0 saturated heterocycles. The maximum atomic E-state index is 14.7. The van der Waals surface area contributed by atoms with Crippen molar-refractivity contribution in [2.24, 2.45) is 5.41 Å². The molecule has 0 N–H and O–H groups in total. The lowest BCUT2D eigenvalue weighted by molar-refractivity contribution is -0.130. The Morgan fingerprint density at radius 1 is 1.21 bits per heavy atom. The number of likely N-dealkylation sites (N-methyl/N-ethyl adjacent to an activating group) is 1. The van der Waals surface area contributed by atoms with Gasteiger partial charge in [0.25, 0.3) is 0 Å². The number of carbonyl (C=O) groups is 1. The summed E-state index contributed by atoms with van der Waals surface area (Å²) in [5.41, 5.74) is 1.51. The fraction of sp³-hybridized carbons (Fsp3) is 0.346. The minimum atomic E-state index is -0.454. The standard InChI is InChI=1S/C26H30ClFN4O/c1-7-17(2)25(33)31(6)22(26(3,4)5)24-29-23(20-15-19(27)13-14-21(20)28)30-32(24)16-18-11-9-8-10-12-18/h7-15,22H,16H2,1-6H3/b17-7+/t22-/m0/s1. The van der Waals surface area contributed by atoms with Gasteiger partial charge in [-0.05, 0) is 43.0 Å². The van der Waals surface area contributed by atoms with Crippen LogP contribution in [0.1, 0.15) is 52.0 Å². The van der Waals surface area contributed by atoms with E-state index in [0.29, 0.717) is 23.0 Å². The normalized spacial score (nSPS) is 13.2. The molecule has 1 heterocycles. The summed E-state index contributed by atoms with van der Waals surface area (Å²) >= 11 is 6.13. The molecule has 33 heavy (non-hydrogen) atoms. The van der Waals surface area contributed by atoms with Crippen LogP contribution >= 0.6 is 11.6 Å². The molecule has 0 unspecified atom stereocenters. The molecule has 174 valence electrons. The van der Waals surface area contributed by atoms with E-state index in [9.17, 15) is 9.18 Å². The van der Waals surface area contributed by atoms with E-state index in [-0.39, 0.29) is 22.7 Å². The van der Waals surface area contributed by atoms with E-state index >= 15 is 0 Å². The molecular formula is C26H30ClFN4O. The fourth-order valence-electron chi connectivity index (χ4n) is 3.87. The van der Waals surface area contributed by atoms with E-state index in [1.807, 2.05) is 58.0 Å². The van der Waals surface area contributed by atoms with Gasteiger partial charge in [-0.25, -0.2) is 14.1 Å². The molecule has 1 aromatic heterocycles. The Balaban J connectivity index is 2.20. The average molecular weight is 469 g/mol. The van der Waals surface area contributed by atoms with Crippen LogP contribution in [0.15, 0.2) is 60.2 Å². The van der Waals surface area contributed by atoms with Crippen LogP contribution in [0, 0.1) is 11.2 Å². The second-order valence-corrected chi connectivity index (χ2v) is 9.65. The molecular weight excluding hydrogens is 439 g/mol. The van der Waals surface area contributed by atoms with Gasteiger partial charge in [0, 0.05) is 17.6 Å². The molecule has 0 saturated carbocycles. The highest BCUT2D eigenvalue weighted by molar-refractivity contribution is 6.30. The van der Waals surface area contributed by atoms with E-state index < -0.39 is 11.9 Å². The van der Waals surface area contributed by atoms with E-state index in [2.05, 4.69) is 5.10 Å². The largest absolute Gasteiger partial charge is 0.331 e. The van der Waals surface area contributed by atoms with Gasteiger partial charge >= 0.3 is 0 Å². The number of hydrogen-bond donors (Lipinski definition) is 0. The quantitative estimate of drug-likeness (QED) is 0.399. The molecule has 3 aromatic rings. The second kappa shape index (κ2) is 9.87. The molecule has 2 aromatic carbocycles. The van der Waals surface area contributed by atoms with E-state index in [0.717, 1.165) is 5.56 Å². The minimum absolute atomic E-state index is 0.0952. The van der Waals surface area contributed by atoms with Crippen molar-refractivity contribution in [2.45, 2.75) is 47.2 Å². The molecule has 0 radical (unpaired) electrons. The summed E-state index contributed by atoms with van der Waals surface area (Å²) in [5.74, 6) is 0.269. The number of carbonyl (C=O) groups excluding carboxylic acids is 1. The first kappa shape index (κ1) is 24.6. The lowest BCUT2D eigenvalue weighted by Crippen LogP contribution is -2.40. The van der Waals surface area contributed by atoms with Crippen molar-refractivity contribution in [1.29, 1.82) is 0 Å². The summed E-state index contributed by atoms with van der Waals surface area (Å²) in [6, 6.07) is 13.8. The smallest absolute Gasteiger partial charge is 0.249 e. The van der Waals surface area contributed by atoms with Gasteiger partial charge in [-0.3, -0.25) is 4.79 Å². The number of allylic oxidation sites excluding steroid dienone is 1. The fourth-order valence-corrected chi connectivity index (χ4v) is 4.04. The lowest BCUT2D eigenvalue weighted by atomic mass is 9.84. The molecule has 5 nitrogen and oxygen atoms in total. The van der Waals surface area contributed by atoms with Gasteiger partial charge in [0.1, 0.15) is 5.82 Å². The second-order valence-electron chi connectivity index (χ2n) is 9.22. The SMILES string of the molecule is C/C=C(\C)C(=O)N(C)[C@@H](c1nc(-c2cc(Cl)ccc2F)nn1Cc1ccccc1)C(C)(C)C. The molecule has 0 spiro atoms. The predicted molar refractivity (Wildman–Crippen MR) is 130 cm³/mol. The third-order valence-corrected chi connectivity index (χ3v) is 5.82. The highest BCUT2D eigenvalue weighted by Crippen LogP contribution is 2.38. The summed E-state index contributed by atoms with van der Waals surface area (Å²) in [5, 5.41) is 5.07. The van der Waals surface area contributed by atoms with E-state index in [1.165, 1.54) is 18.2 Å². The van der Waals surface area contributed by atoms with Crippen LogP contribution < -0.4 is 0 Å². The molecule has 0 aliphatic heterocycles. The van der Waals surface area contributed by atoms with Crippen LogP contribution in [-0.4, -0.2) is 32.6 Å². The van der Waals surface area contributed by atoms with Crippen LogP contribution in [0.25, 0.3) is 11.4 Å². The molecule has 7 heteroatoms. The van der Waals surface area contributed by atoms with E-state index in [4.69, 9.17) is 16.6 Å². The molecule has 3 rings (SSSR count). The van der Waals surface area contributed by atoms with Crippen molar-refractivity contribution in [3.05, 3.63) is 82.4 Å². The number of aromatic nitrogens is 3. The maximum Gasteiger partial charge on any atom is 0.249 e. The third kappa shape index (κ3) is 5.50. The Labute approximate surface area is 199 Å². The maximum absolute atomic E-state index is 14.7. The average Bonchev–Trinajstić information content (AvgIpc) is 3.16. The van der Waals surface area contributed by atoms with Gasteiger partial charge in [0.2, 0.25) is 5.91 Å². The number of nitrogens with zero attached hydrogens (tertiary/aromatic N) is 4. The predicted octanol–water partition coefficient (Wildman–Crippen LogP) is 6.30. The molecule has 0 aliphatic carbocycles. The number of benzene rings is 2. The number of hydrogen-bond acceptors (Lipinski definition) is 3. The highest BCUT2D eigenvalue weighted by Gasteiger charge is 2.37. The van der Waals surface area contributed by atoms with Crippen molar-refractivity contribution in [2.75, 3.05) is 7.05 Å². The number of amides is 1. The van der Waals surface area contributed by atoms with Crippen LogP contribution in [0.5, 0.6) is 0 Å². The van der Waals surface area contributed by atoms with Crippen LogP contribution in [0.3, 0.4) is 0 Å². The Morgan fingerprint density at radius 3 is 2.48 bits per heavy atom. The van der Waals surface area contributed by atoms with Gasteiger partial charge in [-0.1, -0.05) is 68.8 Å². The zero-order valence-corrected chi connectivity index (χ0v) is 20.7. The van der Waals surface area contributed by atoms with Crippen LogP contribution in [-0.2, 0) is 11.3 Å². The summed E-state index contributed by atoms with van der Waals surface area (Å²) in [7, 11) is 1.77. The summed E-state index contributed by atoms with van der Waals surface area (Å²) in [6.45, 7) is 10.2. The van der Waals surface area contributed by atoms with Gasteiger partial charge in [0.05, 0.1) is 18.2 Å². The zero-order chi connectivity index (χ0) is 24.3.